The maximum Gasteiger partial charge on any atom is 0.269 e. The zero-order chi connectivity index (χ0) is 9.14. The lowest BCUT2D eigenvalue weighted by atomic mass is 10.1. The van der Waals surface area contributed by atoms with Gasteiger partial charge >= 0.3 is 0 Å². The Labute approximate surface area is 69.2 Å². The molecule has 0 atom stereocenters. The van der Waals surface area contributed by atoms with Gasteiger partial charge in [0, 0.05) is 6.20 Å². The Balaban J connectivity index is 3.20. The van der Waals surface area contributed by atoms with E-state index in [1.54, 1.807) is 6.92 Å². The van der Waals surface area contributed by atoms with E-state index >= 15 is 0 Å². The number of alkyl halides is 2. The van der Waals surface area contributed by atoms with Gasteiger partial charge in [-0.15, -0.1) is 0 Å². The highest BCUT2D eigenvalue weighted by Gasteiger charge is 2.16. The van der Waals surface area contributed by atoms with E-state index in [0.717, 1.165) is 0 Å². The average Bonchev–Trinajstić information content (AvgIpc) is 2.03. The van der Waals surface area contributed by atoms with E-state index in [9.17, 15) is 8.78 Å². The molecule has 0 aromatic carbocycles. The van der Waals surface area contributed by atoms with E-state index in [1.165, 1.54) is 19.4 Å². The third-order valence-corrected chi connectivity index (χ3v) is 1.58. The maximum absolute atomic E-state index is 12.4. The van der Waals surface area contributed by atoms with Crippen molar-refractivity contribution in [3.63, 3.8) is 0 Å². The van der Waals surface area contributed by atoms with Gasteiger partial charge in [0.2, 0.25) is 5.88 Å². The molecule has 1 aromatic rings. The van der Waals surface area contributed by atoms with Gasteiger partial charge in [0.25, 0.3) is 6.43 Å². The smallest absolute Gasteiger partial charge is 0.269 e. The van der Waals surface area contributed by atoms with E-state index < -0.39 is 6.43 Å². The molecule has 12 heavy (non-hydrogen) atoms. The van der Waals surface area contributed by atoms with Gasteiger partial charge in [-0.1, -0.05) is 0 Å². The van der Waals surface area contributed by atoms with Crippen LogP contribution in [-0.4, -0.2) is 12.1 Å². The van der Waals surface area contributed by atoms with Gasteiger partial charge < -0.3 is 4.74 Å². The molecule has 4 heteroatoms. The summed E-state index contributed by atoms with van der Waals surface area (Å²) in [7, 11) is 1.33. The number of nitrogens with zero attached hydrogens (tertiary/aromatic N) is 1. The van der Waals surface area contributed by atoms with E-state index in [2.05, 4.69) is 4.98 Å². The summed E-state index contributed by atoms with van der Waals surface area (Å²) in [5, 5.41) is 0. The third-order valence-electron chi connectivity index (χ3n) is 1.58. The highest BCUT2D eigenvalue weighted by Crippen LogP contribution is 2.29. The molecular formula is C8H9F2NO. The molecule has 0 N–H and O–H groups in total. The molecule has 1 heterocycles. The fourth-order valence-electron chi connectivity index (χ4n) is 0.973. The number of halogens is 2. The molecule has 0 aliphatic heterocycles. The molecule has 2 nitrogen and oxygen atoms in total. The number of methoxy groups -OCH3 is 1. The Morgan fingerprint density at radius 1 is 1.50 bits per heavy atom. The quantitative estimate of drug-likeness (QED) is 0.684. The Morgan fingerprint density at radius 2 is 2.17 bits per heavy atom. The standard InChI is InChI=1S/C8H9F2NO/c1-5-3-4-11-8(12-2)6(5)7(9)10/h3-4,7H,1-2H3. The fourth-order valence-corrected chi connectivity index (χ4v) is 0.973. The Hall–Kier alpha value is -1.19. The second-order valence-corrected chi connectivity index (χ2v) is 2.35. The number of hydrogen-bond donors (Lipinski definition) is 0. The Kier molecular flexibility index (Phi) is 2.58. The van der Waals surface area contributed by atoms with E-state index in [-0.39, 0.29) is 11.4 Å². The molecule has 0 amide bonds. The van der Waals surface area contributed by atoms with Crippen LogP contribution in [0.2, 0.25) is 0 Å². The molecule has 0 fully saturated rings. The summed E-state index contributed by atoms with van der Waals surface area (Å²) >= 11 is 0. The molecule has 0 saturated heterocycles. The molecular weight excluding hydrogens is 164 g/mol. The summed E-state index contributed by atoms with van der Waals surface area (Å²) in [6.45, 7) is 1.60. The second-order valence-electron chi connectivity index (χ2n) is 2.35. The van der Waals surface area contributed by atoms with Gasteiger partial charge in [-0.2, -0.15) is 0 Å². The van der Waals surface area contributed by atoms with Crippen molar-refractivity contribution < 1.29 is 13.5 Å². The van der Waals surface area contributed by atoms with Gasteiger partial charge in [-0.05, 0) is 18.6 Å². The van der Waals surface area contributed by atoms with Gasteiger partial charge in [-0.25, -0.2) is 13.8 Å². The number of rotatable bonds is 2. The van der Waals surface area contributed by atoms with Crippen LogP contribution in [0, 0.1) is 6.92 Å². The molecule has 66 valence electrons. The van der Waals surface area contributed by atoms with E-state index in [4.69, 9.17) is 4.74 Å². The minimum atomic E-state index is -2.53. The largest absolute Gasteiger partial charge is 0.481 e. The molecule has 0 aliphatic carbocycles. The molecule has 0 spiro atoms. The van der Waals surface area contributed by atoms with Crippen molar-refractivity contribution >= 4 is 0 Å². The molecule has 0 unspecified atom stereocenters. The lowest BCUT2D eigenvalue weighted by molar-refractivity contribution is 0.145. The van der Waals surface area contributed by atoms with Crippen LogP contribution in [0.3, 0.4) is 0 Å². The van der Waals surface area contributed by atoms with Crippen molar-refractivity contribution in [1.82, 2.24) is 4.98 Å². The lowest BCUT2D eigenvalue weighted by Gasteiger charge is -2.08. The first kappa shape index (κ1) is 8.90. The average molecular weight is 173 g/mol. The van der Waals surface area contributed by atoms with Crippen LogP contribution in [0.1, 0.15) is 17.6 Å². The first-order chi connectivity index (χ1) is 5.66. The molecule has 0 aliphatic rings. The fraction of sp³-hybridized carbons (Fsp3) is 0.375. The molecule has 0 radical (unpaired) electrons. The van der Waals surface area contributed by atoms with Crippen LogP contribution in [0.5, 0.6) is 5.88 Å². The topological polar surface area (TPSA) is 22.1 Å². The van der Waals surface area contributed by atoms with Crippen molar-refractivity contribution in [2.45, 2.75) is 13.3 Å². The number of hydrogen-bond acceptors (Lipinski definition) is 2. The van der Waals surface area contributed by atoms with Gasteiger partial charge in [0.05, 0.1) is 12.7 Å². The zero-order valence-corrected chi connectivity index (χ0v) is 6.84. The maximum atomic E-state index is 12.4. The van der Waals surface area contributed by atoms with Crippen molar-refractivity contribution in [3.05, 3.63) is 23.4 Å². The summed E-state index contributed by atoms with van der Waals surface area (Å²) in [4.78, 5) is 3.68. The monoisotopic (exact) mass is 173 g/mol. The SMILES string of the molecule is COc1nccc(C)c1C(F)F. The normalized spacial score (nSPS) is 10.4. The third kappa shape index (κ3) is 1.52. The van der Waals surface area contributed by atoms with Crippen LogP contribution in [-0.2, 0) is 0 Å². The Bertz CT molecular complexity index is 276. The van der Waals surface area contributed by atoms with Crippen LogP contribution >= 0.6 is 0 Å². The van der Waals surface area contributed by atoms with Gasteiger partial charge in [0.1, 0.15) is 0 Å². The van der Waals surface area contributed by atoms with E-state index in [1.807, 2.05) is 0 Å². The van der Waals surface area contributed by atoms with Crippen molar-refractivity contribution in [2.75, 3.05) is 7.11 Å². The van der Waals surface area contributed by atoms with Crippen LogP contribution in [0.4, 0.5) is 8.78 Å². The van der Waals surface area contributed by atoms with Crippen LogP contribution in [0.25, 0.3) is 0 Å². The molecule has 1 rings (SSSR count). The van der Waals surface area contributed by atoms with Crippen LogP contribution in [0.15, 0.2) is 12.3 Å². The highest BCUT2D eigenvalue weighted by molar-refractivity contribution is 5.34. The summed E-state index contributed by atoms with van der Waals surface area (Å²) in [5.41, 5.74) is 0.372. The highest BCUT2D eigenvalue weighted by atomic mass is 19.3. The first-order valence-electron chi connectivity index (χ1n) is 3.44. The predicted molar refractivity (Wildman–Crippen MR) is 40.5 cm³/mol. The molecule has 0 saturated carbocycles. The number of aryl methyl sites for hydroxylation is 1. The summed E-state index contributed by atoms with van der Waals surface area (Å²) in [6, 6.07) is 1.53. The zero-order valence-electron chi connectivity index (χ0n) is 6.84. The summed E-state index contributed by atoms with van der Waals surface area (Å²) < 4.78 is 29.4. The minimum absolute atomic E-state index is 0.00463. The van der Waals surface area contributed by atoms with Crippen LogP contribution < -0.4 is 4.74 Å². The van der Waals surface area contributed by atoms with E-state index in [0.29, 0.717) is 5.56 Å². The Morgan fingerprint density at radius 3 is 2.58 bits per heavy atom. The summed E-state index contributed by atoms with van der Waals surface area (Å²) in [5.74, 6) is 0.00463. The van der Waals surface area contributed by atoms with Crippen molar-refractivity contribution in [2.24, 2.45) is 0 Å². The van der Waals surface area contributed by atoms with Gasteiger partial charge in [0.15, 0.2) is 0 Å². The first-order valence-corrected chi connectivity index (χ1v) is 3.44. The summed E-state index contributed by atoms with van der Waals surface area (Å²) in [6.07, 6.45) is -1.09. The van der Waals surface area contributed by atoms with Crippen molar-refractivity contribution in [3.8, 4) is 5.88 Å². The predicted octanol–water partition coefficient (Wildman–Crippen LogP) is 2.34. The number of pyridine rings is 1. The van der Waals surface area contributed by atoms with Crippen molar-refractivity contribution in [1.29, 1.82) is 0 Å². The molecule has 0 bridgehead atoms. The van der Waals surface area contributed by atoms with Gasteiger partial charge in [-0.3, -0.25) is 0 Å². The second kappa shape index (κ2) is 3.47. The molecule has 1 aromatic heterocycles. The number of ether oxygens (including phenoxy) is 1. The minimum Gasteiger partial charge on any atom is -0.481 e. The lowest BCUT2D eigenvalue weighted by Crippen LogP contribution is -1.97. The number of aromatic nitrogens is 1.